The van der Waals surface area contributed by atoms with E-state index in [1.807, 2.05) is 0 Å². The monoisotopic (exact) mass is 524 g/mol. The van der Waals surface area contributed by atoms with Crippen LogP contribution in [0.15, 0.2) is 60.4 Å². The molecule has 10 heteroatoms. The number of amides is 1. The molecule has 192 valence electrons. The van der Waals surface area contributed by atoms with Crippen molar-refractivity contribution in [3.05, 3.63) is 82.1 Å². The minimum atomic E-state index is -0.977. The molecule has 2 aromatic carbocycles. The number of likely N-dealkylation sites (tertiary alicyclic amines) is 1. The number of benzene rings is 2. The van der Waals surface area contributed by atoms with Gasteiger partial charge in [-0.15, -0.1) is 0 Å². The summed E-state index contributed by atoms with van der Waals surface area (Å²) in [5.41, 5.74) is 1.32. The number of halogens is 1. The molecule has 4 rings (SSSR count). The summed E-state index contributed by atoms with van der Waals surface area (Å²) in [6, 6.07) is 10.4. The normalized spacial score (nSPS) is 16.6. The first kappa shape index (κ1) is 25.8. The van der Waals surface area contributed by atoms with E-state index in [1.165, 1.54) is 39.4 Å². The number of methoxy groups -OCH3 is 4. The Kier molecular flexibility index (Phi) is 7.54. The van der Waals surface area contributed by atoms with E-state index >= 15 is 0 Å². The zero-order valence-corrected chi connectivity index (χ0v) is 21.4. The van der Waals surface area contributed by atoms with Crippen molar-refractivity contribution < 1.29 is 33.6 Å². The van der Waals surface area contributed by atoms with Crippen LogP contribution in [0, 0.1) is 0 Å². The van der Waals surface area contributed by atoms with E-state index in [0.29, 0.717) is 34.1 Å². The molecule has 37 heavy (non-hydrogen) atoms. The molecule has 1 amide bonds. The van der Waals surface area contributed by atoms with Gasteiger partial charge in [-0.3, -0.25) is 14.6 Å². The number of hydrogen-bond donors (Lipinski definition) is 1. The third kappa shape index (κ3) is 4.77. The summed E-state index contributed by atoms with van der Waals surface area (Å²) in [7, 11) is 5.87. The molecule has 0 bridgehead atoms. The van der Waals surface area contributed by atoms with Crippen LogP contribution in [0.1, 0.15) is 22.7 Å². The topological polar surface area (TPSA) is 107 Å². The fourth-order valence-corrected chi connectivity index (χ4v) is 4.56. The van der Waals surface area contributed by atoms with Gasteiger partial charge in [-0.2, -0.15) is 0 Å². The number of nitrogens with zero attached hydrogens (tertiary/aromatic N) is 2. The zero-order valence-electron chi connectivity index (χ0n) is 20.6. The second kappa shape index (κ2) is 10.8. The summed E-state index contributed by atoms with van der Waals surface area (Å²) in [5, 5.41) is 11.6. The van der Waals surface area contributed by atoms with Crippen molar-refractivity contribution in [2.75, 3.05) is 28.4 Å². The van der Waals surface area contributed by atoms with Gasteiger partial charge in [0.15, 0.2) is 11.5 Å². The van der Waals surface area contributed by atoms with Crippen LogP contribution < -0.4 is 18.9 Å². The molecule has 9 nitrogen and oxygen atoms in total. The zero-order chi connectivity index (χ0) is 26.7. The molecule has 1 aromatic heterocycles. The smallest absolute Gasteiger partial charge is 0.295 e. The minimum absolute atomic E-state index is 0.0693. The van der Waals surface area contributed by atoms with Gasteiger partial charge < -0.3 is 29.0 Å². The predicted molar refractivity (Wildman–Crippen MR) is 136 cm³/mol. The molecule has 2 heterocycles. The number of Topliss-reactive ketones (excluding diaryl/α,β-unsaturated/α-hetero) is 1. The molecular formula is C27H25ClN2O7. The van der Waals surface area contributed by atoms with Crippen LogP contribution in [0.4, 0.5) is 0 Å². The number of aliphatic hydroxyl groups is 1. The molecule has 3 aromatic rings. The lowest BCUT2D eigenvalue weighted by Crippen LogP contribution is -2.29. The maximum Gasteiger partial charge on any atom is 0.295 e. The van der Waals surface area contributed by atoms with E-state index in [4.69, 9.17) is 30.5 Å². The van der Waals surface area contributed by atoms with Crippen molar-refractivity contribution in [1.82, 2.24) is 9.88 Å². The molecule has 0 spiro atoms. The third-order valence-corrected chi connectivity index (χ3v) is 6.34. The minimum Gasteiger partial charge on any atom is -0.507 e. The van der Waals surface area contributed by atoms with E-state index in [1.54, 1.807) is 48.8 Å². The second-order valence-corrected chi connectivity index (χ2v) is 8.50. The maximum atomic E-state index is 13.4. The molecule has 1 fully saturated rings. The molecule has 1 saturated heterocycles. The van der Waals surface area contributed by atoms with Gasteiger partial charge in [-0.1, -0.05) is 17.7 Å². The first-order valence-electron chi connectivity index (χ1n) is 11.2. The largest absolute Gasteiger partial charge is 0.507 e. The fraction of sp³-hybridized carbons (Fsp3) is 0.222. The van der Waals surface area contributed by atoms with Crippen molar-refractivity contribution in [3.63, 3.8) is 0 Å². The molecule has 1 atom stereocenters. The maximum absolute atomic E-state index is 13.4. The number of carbonyl (C=O) groups excluding carboxylic acids is 2. The SMILES string of the molecule is COc1ccc(/C(O)=C2\C(=O)C(=O)N(Cc3cccnc3)C2c2cc(OC)c(OC)c(OC)c2)cc1Cl. The van der Waals surface area contributed by atoms with Crippen LogP contribution >= 0.6 is 11.6 Å². The molecule has 0 saturated carbocycles. The summed E-state index contributed by atoms with van der Waals surface area (Å²) < 4.78 is 21.6. The highest BCUT2D eigenvalue weighted by Gasteiger charge is 2.46. The summed E-state index contributed by atoms with van der Waals surface area (Å²) in [6.07, 6.45) is 3.22. The number of aliphatic hydroxyl groups excluding tert-OH is 1. The van der Waals surface area contributed by atoms with E-state index < -0.39 is 17.7 Å². The number of ketones is 1. The highest BCUT2D eigenvalue weighted by Crippen LogP contribution is 2.46. The van der Waals surface area contributed by atoms with Gasteiger partial charge in [0.25, 0.3) is 11.7 Å². The van der Waals surface area contributed by atoms with E-state index in [9.17, 15) is 14.7 Å². The quantitative estimate of drug-likeness (QED) is 0.262. The lowest BCUT2D eigenvalue weighted by molar-refractivity contribution is -0.140. The molecule has 1 aliphatic heterocycles. The van der Waals surface area contributed by atoms with Gasteiger partial charge in [0.2, 0.25) is 5.75 Å². The van der Waals surface area contributed by atoms with Crippen LogP contribution in [0.2, 0.25) is 5.02 Å². The molecule has 1 aliphatic rings. The summed E-state index contributed by atoms with van der Waals surface area (Å²) in [4.78, 5) is 32.2. The van der Waals surface area contributed by atoms with Gasteiger partial charge >= 0.3 is 0 Å². The Balaban J connectivity index is 1.95. The fourth-order valence-electron chi connectivity index (χ4n) is 4.31. The molecule has 1 unspecified atom stereocenters. The first-order valence-corrected chi connectivity index (χ1v) is 11.5. The average Bonchev–Trinajstić information content (AvgIpc) is 3.17. The predicted octanol–water partition coefficient (Wildman–Crippen LogP) is 4.39. The van der Waals surface area contributed by atoms with Gasteiger partial charge in [0.1, 0.15) is 11.5 Å². The number of pyridine rings is 1. The van der Waals surface area contributed by atoms with Crippen LogP contribution in [0.5, 0.6) is 23.0 Å². The number of aromatic nitrogens is 1. The lowest BCUT2D eigenvalue weighted by atomic mass is 9.94. The number of hydrogen-bond acceptors (Lipinski definition) is 8. The van der Waals surface area contributed by atoms with Gasteiger partial charge in [-0.25, -0.2) is 0 Å². The second-order valence-electron chi connectivity index (χ2n) is 8.10. The van der Waals surface area contributed by atoms with Gasteiger partial charge in [-0.05, 0) is 47.5 Å². The van der Waals surface area contributed by atoms with Gasteiger partial charge in [0, 0.05) is 24.5 Å². The number of rotatable bonds is 8. The van der Waals surface area contributed by atoms with Crippen molar-refractivity contribution in [3.8, 4) is 23.0 Å². The van der Waals surface area contributed by atoms with Crippen LogP contribution in [-0.4, -0.2) is 55.1 Å². The van der Waals surface area contributed by atoms with Crippen molar-refractivity contribution in [2.45, 2.75) is 12.6 Å². The Bertz CT molecular complexity index is 1350. The Labute approximate surface area is 218 Å². The number of carbonyl (C=O) groups is 2. The molecule has 0 aliphatic carbocycles. The summed E-state index contributed by atoms with van der Waals surface area (Å²) in [5.74, 6) is -0.588. The summed E-state index contributed by atoms with van der Waals surface area (Å²) in [6.45, 7) is 0.0693. The van der Waals surface area contributed by atoms with Crippen molar-refractivity contribution >= 4 is 29.1 Å². The highest BCUT2D eigenvalue weighted by atomic mass is 35.5. The average molecular weight is 525 g/mol. The van der Waals surface area contributed by atoms with Gasteiger partial charge in [0.05, 0.1) is 45.1 Å². The summed E-state index contributed by atoms with van der Waals surface area (Å²) >= 11 is 6.27. The standard InChI is InChI=1S/C27H25ClN2O7/c1-34-19-8-7-16(10-18(19)28)24(31)22-23(17-11-20(35-2)26(37-4)21(12-17)36-3)30(27(33)25(22)32)14-15-6-5-9-29-13-15/h5-13,23,31H,14H2,1-4H3/b24-22+. The highest BCUT2D eigenvalue weighted by molar-refractivity contribution is 6.46. The van der Waals surface area contributed by atoms with Crippen LogP contribution in [-0.2, 0) is 16.1 Å². The Morgan fingerprint density at radius 3 is 2.19 bits per heavy atom. The Hall–Kier alpha value is -4.24. The van der Waals surface area contributed by atoms with E-state index in [-0.39, 0.29) is 28.5 Å². The van der Waals surface area contributed by atoms with E-state index in [2.05, 4.69) is 4.98 Å². The Morgan fingerprint density at radius 1 is 0.973 bits per heavy atom. The van der Waals surface area contributed by atoms with E-state index in [0.717, 1.165) is 0 Å². The molecule has 0 radical (unpaired) electrons. The van der Waals surface area contributed by atoms with Crippen molar-refractivity contribution in [1.29, 1.82) is 0 Å². The molecular weight excluding hydrogens is 500 g/mol. The molecule has 1 N–H and O–H groups in total. The Morgan fingerprint density at radius 2 is 1.65 bits per heavy atom. The first-order chi connectivity index (χ1) is 17.8. The van der Waals surface area contributed by atoms with Crippen LogP contribution in [0.25, 0.3) is 5.76 Å². The lowest BCUT2D eigenvalue weighted by Gasteiger charge is -2.26. The third-order valence-electron chi connectivity index (χ3n) is 6.04. The van der Waals surface area contributed by atoms with Crippen LogP contribution in [0.3, 0.4) is 0 Å². The van der Waals surface area contributed by atoms with Crippen molar-refractivity contribution in [2.24, 2.45) is 0 Å². The number of ether oxygens (including phenoxy) is 4.